The van der Waals surface area contributed by atoms with Gasteiger partial charge in [-0.1, -0.05) is 6.92 Å². The summed E-state index contributed by atoms with van der Waals surface area (Å²) in [5.74, 6) is 0.328. The highest BCUT2D eigenvalue weighted by Gasteiger charge is 2.27. The zero-order valence-corrected chi connectivity index (χ0v) is 9.12. The van der Waals surface area contributed by atoms with Crippen LogP contribution in [0.2, 0.25) is 0 Å². The minimum atomic E-state index is -3.51. The average molecular weight is 228 g/mol. The van der Waals surface area contributed by atoms with Gasteiger partial charge in [-0.05, 0) is 18.6 Å². The first-order chi connectivity index (χ1) is 7.13. The molecule has 1 aliphatic heterocycles. The van der Waals surface area contributed by atoms with E-state index in [1.54, 1.807) is 12.1 Å². The molecule has 2 heterocycles. The molecule has 6 heteroatoms. The second kappa shape index (κ2) is 3.79. The summed E-state index contributed by atoms with van der Waals surface area (Å²) in [4.78, 5) is 3.83. The van der Waals surface area contributed by atoms with Gasteiger partial charge in [0.2, 0.25) is 5.03 Å². The predicted octanol–water partition coefficient (Wildman–Crippen LogP) is 0.531. The van der Waals surface area contributed by atoms with Gasteiger partial charge < -0.3 is 4.74 Å². The van der Waals surface area contributed by atoms with Gasteiger partial charge >= 0.3 is 0 Å². The van der Waals surface area contributed by atoms with E-state index in [9.17, 15) is 8.42 Å². The third kappa shape index (κ3) is 1.95. The van der Waals surface area contributed by atoms with Gasteiger partial charge in [0.1, 0.15) is 6.10 Å². The van der Waals surface area contributed by atoms with Gasteiger partial charge in [-0.2, -0.15) is 0 Å². The van der Waals surface area contributed by atoms with Crippen molar-refractivity contribution in [3.05, 3.63) is 18.3 Å². The summed E-state index contributed by atoms with van der Waals surface area (Å²) in [5, 5.41) is -0.0269. The van der Waals surface area contributed by atoms with Crippen LogP contribution in [0.25, 0.3) is 0 Å². The number of rotatable bonds is 1. The summed E-state index contributed by atoms with van der Waals surface area (Å²) in [6, 6.07) is 3.28. The lowest BCUT2D eigenvalue weighted by Gasteiger charge is -2.13. The first-order valence-electron chi connectivity index (χ1n) is 4.75. The molecule has 0 saturated carbocycles. The number of pyridine rings is 1. The Kier molecular flexibility index (Phi) is 2.62. The molecule has 0 aromatic carbocycles. The van der Waals surface area contributed by atoms with E-state index >= 15 is 0 Å². The van der Waals surface area contributed by atoms with Gasteiger partial charge in [-0.25, -0.2) is 18.1 Å². The molecule has 0 unspecified atom stereocenters. The highest BCUT2D eigenvalue weighted by Crippen LogP contribution is 2.24. The Balaban J connectivity index is 2.50. The minimum absolute atomic E-state index is 0.0269. The number of hydrogen-bond donors (Lipinski definition) is 1. The van der Waals surface area contributed by atoms with Gasteiger partial charge in [-0.15, -0.1) is 0 Å². The largest absolute Gasteiger partial charge is 0.486 e. The fourth-order valence-corrected chi connectivity index (χ4v) is 2.51. The van der Waals surface area contributed by atoms with Gasteiger partial charge in [0.05, 0.1) is 0 Å². The number of nitrogens with one attached hydrogen (secondary N) is 1. The van der Waals surface area contributed by atoms with Crippen molar-refractivity contribution in [2.45, 2.75) is 24.5 Å². The smallest absolute Gasteiger partial charge is 0.261 e. The van der Waals surface area contributed by atoms with Crippen molar-refractivity contribution >= 4 is 10.0 Å². The molecular formula is C9H12N2O3S. The SMILES string of the molecule is CC[C@@H]1CNS(=O)(=O)c2ncccc2O1. The molecule has 1 aromatic heterocycles. The molecule has 2 rings (SSSR count). The Labute approximate surface area is 88.5 Å². The molecule has 1 aliphatic rings. The molecule has 0 spiro atoms. The van der Waals surface area contributed by atoms with Crippen LogP contribution in [-0.4, -0.2) is 26.1 Å². The Morgan fingerprint density at radius 1 is 1.67 bits per heavy atom. The number of hydrogen-bond acceptors (Lipinski definition) is 4. The van der Waals surface area contributed by atoms with E-state index < -0.39 is 10.0 Å². The van der Waals surface area contributed by atoms with E-state index in [1.165, 1.54) is 6.20 Å². The van der Waals surface area contributed by atoms with Crippen LogP contribution < -0.4 is 9.46 Å². The molecule has 1 N–H and O–H groups in total. The van der Waals surface area contributed by atoms with Crippen LogP contribution in [0.5, 0.6) is 5.75 Å². The van der Waals surface area contributed by atoms with E-state index in [1.807, 2.05) is 6.92 Å². The van der Waals surface area contributed by atoms with Gasteiger partial charge in [0.25, 0.3) is 10.0 Å². The van der Waals surface area contributed by atoms with Crippen LogP contribution in [-0.2, 0) is 10.0 Å². The van der Waals surface area contributed by atoms with Gasteiger partial charge in [0, 0.05) is 12.7 Å². The number of aromatic nitrogens is 1. The van der Waals surface area contributed by atoms with Crippen LogP contribution in [0, 0.1) is 0 Å². The lowest BCUT2D eigenvalue weighted by atomic mass is 10.3. The maximum absolute atomic E-state index is 11.7. The average Bonchev–Trinajstić information content (AvgIpc) is 2.36. The van der Waals surface area contributed by atoms with E-state index in [4.69, 9.17) is 4.74 Å². The Hall–Kier alpha value is -1.14. The zero-order valence-electron chi connectivity index (χ0n) is 8.30. The maximum Gasteiger partial charge on any atom is 0.261 e. The van der Waals surface area contributed by atoms with E-state index in [-0.39, 0.29) is 17.7 Å². The molecule has 0 fully saturated rings. The molecule has 1 atom stereocenters. The molecule has 5 nitrogen and oxygen atoms in total. The summed E-state index contributed by atoms with van der Waals surface area (Å²) < 4.78 is 31.4. The topological polar surface area (TPSA) is 68.3 Å². The Morgan fingerprint density at radius 3 is 3.20 bits per heavy atom. The lowest BCUT2D eigenvalue weighted by molar-refractivity contribution is 0.199. The highest BCUT2D eigenvalue weighted by molar-refractivity contribution is 7.89. The van der Waals surface area contributed by atoms with Crippen LogP contribution >= 0.6 is 0 Å². The fourth-order valence-electron chi connectivity index (χ4n) is 1.39. The summed E-state index contributed by atoms with van der Waals surface area (Å²) in [6.45, 7) is 2.23. The Morgan fingerprint density at radius 2 is 2.47 bits per heavy atom. The van der Waals surface area contributed by atoms with Gasteiger partial charge in [0.15, 0.2) is 5.75 Å². The standard InChI is InChI=1S/C9H12N2O3S/c1-2-7-6-11-15(12,13)9-8(14-7)4-3-5-10-9/h3-5,7,11H,2,6H2,1H3/t7-/m1/s1. The number of ether oxygens (including phenoxy) is 1. The molecule has 82 valence electrons. The molecule has 15 heavy (non-hydrogen) atoms. The second-order valence-corrected chi connectivity index (χ2v) is 4.99. The summed E-state index contributed by atoms with van der Waals surface area (Å²) >= 11 is 0. The van der Waals surface area contributed by atoms with E-state index in [0.717, 1.165) is 6.42 Å². The van der Waals surface area contributed by atoms with E-state index in [2.05, 4.69) is 9.71 Å². The molecule has 0 aliphatic carbocycles. The van der Waals surface area contributed by atoms with Crippen LogP contribution in [0.15, 0.2) is 23.4 Å². The van der Waals surface area contributed by atoms with Crippen LogP contribution in [0.4, 0.5) is 0 Å². The molecule has 0 saturated heterocycles. The van der Waals surface area contributed by atoms with Crippen molar-refractivity contribution < 1.29 is 13.2 Å². The molecule has 1 aromatic rings. The maximum atomic E-state index is 11.7. The number of nitrogens with zero attached hydrogens (tertiary/aromatic N) is 1. The van der Waals surface area contributed by atoms with E-state index in [0.29, 0.717) is 5.75 Å². The highest BCUT2D eigenvalue weighted by atomic mass is 32.2. The van der Waals surface area contributed by atoms with Crippen molar-refractivity contribution in [2.75, 3.05) is 6.54 Å². The Bertz CT molecular complexity index is 458. The van der Waals surface area contributed by atoms with Crippen molar-refractivity contribution in [2.24, 2.45) is 0 Å². The molecular weight excluding hydrogens is 216 g/mol. The molecule has 0 radical (unpaired) electrons. The van der Waals surface area contributed by atoms with Crippen molar-refractivity contribution in [3.63, 3.8) is 0 Å². The third-order valence-corrected chi connectivity index (χ3v) is 3.60. The summed E-state index contributed by atoms with van der Waals surface area (Å²) in [7, 11) is -3.51. The second-order valence-electron chi connectivity index (χ2n) is 3.31. The monoisotopic (exact) mass is 228 g/mol. The lowest BCUT2D eigenvalue weighted by Crippen LogP contribution is -2.31. The number of fused-ring (bicyclic) bond motifs is 1. The summed E-state index contributed by atoms with van der Waals surface area (Å²) in [5.41, 5.74) is 0. The minimum Gasteiger partial charge on any atom is -0.486 e. The van der Waals surface area contributed by atoms with Crippen LogP contribution in [0.3, 0.4) is 0 Å². The fraction of sp³-hybridized carbons (Fsp3) is 0.444. The van der Waals surface area contributed by atoms with Crippen molar-refractivity contribution in [1.82, 2.24) is 9.71 Å². The van der Waals surface area contributed by atoms with Gasteiger partial charge in [-0.3, -0.25) is 0 Å². The van der Waals surface area contributed by atoms with Crippen LogP contribution in [0.1, 0.15) is 13.3 Å². The van der Waals surface area contributed by atoms with Crippen molar-refractivity contribution in [3.8, 4) is 5.75 Å². The van der Waals surface area contributed by atoms with Crippen molar-refractivity contribution in [1.29, 1.82) is 0 Å². The first-order valence-corrected chi connectivity index (χ1v) is 6.23. The normalized spacial score (nSPS) is 23.7. The zero-order chi connectivity index (χ0) is 10.9. The third-order valence-electron chi connectivity index (χ3n) is 2.24. The number of sulfonamides is 1. The molecule has 0 bridgehead atoms. The summed E-state index contributed by atoms with van der Waals surface area (Å²) in [6.07, 6.45) is 2.05. The first kappa shape index (κ1) is 10.4. The predicted molar refractivity (Wildman–Crippen MR) is 54.1 cm³/mol. The molecule has 0 amide bonds. The quantitative estimate of drug-likeness (QED) is 0.761.